The van der Waals surface area contributed by atoms with Crippen LogP contribution in [0.2, 0.25) is 0 Å². The van der Waals surface area contributed by atoms with E-state index in [4.69, 9.17) is 4.74 Å². The Hall–Kier alpha value is -3.74. The number of hydrogen-bond donors (Lipinski definition) is 1. The molecule has 63 heavy (non-hydrogen) atoms. The zero-order valence-electron chi connectivity index (χ0n) is 39.0. The molecule has 1 heterocycles. The van der Waals surface area contributed by atoms with Crippen molar-refractivity contribution in [2.45, 2.75) is 131 Å². The van der Waals surface area contributed by atoms with E-state index in [-0.39, 0.29) is 56.1 Å². The van der Waals surface area contributed by atoms with Gasteiger partial charge in [-0.3, -0.25) is 4.79 Å². The number of carbonyl (C=O) groups is 1. The number of rotatable bonds is 11. The van der Waals surface area contributed by atoms with Crippen LogP contribution in [0.5, 0.6) is 0 Å². The second-order valence-corrected chi connectivity index (χ2v) is 21.9. The molecule has 5 aliphatic carbocycles. The lowest BCUT2D eigenvalue weighted by Crippen LogP contribution is -3.00. The number of nitrogens with zero attached hydrogens (tertiary/aromatic N) is 2. The van der Waals surface area contributed by atoms with Crippen LogP contribution in [0.3, 0.4) is 0 Å². The molecule has 0 aliphatic heterocycles. The highest BCUT2D eigenvalue weighted by Gasteiger charge is 2.72. The lowest BCUT2D eigenvalue weighted by molar-refractivity contribution is -0.697. The first kappa shape index (κ1) is 45.8. The number of aliphatic hydroxyl groups is 1. The molecule has 10 atom stereocenters. The summed E-state index contributed by atoms with van der Waals surface area (Å²) in [7, 11) is 0. The summed E-state index contributed by atoms with van der Waals surface area (Å²) in [6, 6.07) is 34.3. The monoisotopic (exact) mass is 912 g/mol. The summed E-state index contributed by atoms with van der Waals surface area (Å²) < 4.78 is 8.62. The van der Waals surface area contributed by atoms with Gasteiger partial charge in [0.15, 0.2) is 12.4 Å². The van der Waals surface area contributed by atoms with Crippen LogP contribution >= 0.6 is 0 Å². The SMILES string of the molecule is C=C(C)[C@@H]1CC[C@]2(C(=O)OCCCC[n+]3ccc(-c4ccc(N(c5ccccc5)c5ccccc5)cc4)cc3)CC[C@]3(C)[C@H](CC[C@@H]4[C@@]5(C)CC[C@H](O)C(C)(C)[C@@H]5CC[C@]43C)[C@@H]12.[Br-]. The molecule has 1 aromatic heterocycles. The quantitative estimate of drug-likeness (QED) is 0.0705. The molecule has 0 spiro atoms. The van der Waals surface area contributed by atoms with Gasteiger partial charge in [0.2, 0.25) is 0 Å². The number of para-hydroxylation sites is 2. The van der Waals surface area contributed by atoms with E-state index in [1.807, 2.05) is 0 Å². The van der Waals surface area contributed by atoms with Gasteiger partial charge in [-0.05, 0) is 176 Å². The van der Waals surface area contributed by atoms with E-state index >= 15 is 0 Å². The number of benzene rings is 3. The maximum atomic E-state index is 14.6. The molecule has 0 bridgehead atoms. The minimum absolute atomic E-state index is 0. The number of carbonyl (C=O) groups excluding carboxylic acids is 1. The van der Waals surface area contributed by atoms with Crippen molar-refractivity contribution in [1.82, 2.24) is 0 Å². The highest BCUT2D eigenvalue weighted by atomic mass is 79.9. The normalized spacial score (nSPS) is 34.0. The number of hydrogen-bond acceptors (Lipinski definition) is 4. The van der Waals surface area contributed by atoms with Crippen molar-refractivity contribution >= 4 is 23.0 Å². The van der Waals surface area contributed by atoms with Crippen molar-refractivity contribution in [3.8, 4) is 11.1 Å². The predicted molar refractivity (Wildman–Crippen MR) is 252 cm³/mol. The van der Waals surface area contributed by atoms with Crippen LogP contribution in [-0.4, -0.2) is 23.8 Å². The first-order valence-corrected chi connectivity index (χ1v) is 24.2. The molecule has 4 aromatic rings. The average Bonchev–Trinajstić information content (AvgIpc) is 3.68. The van der Waals surface area contributed by atoms with Gasteiger partial charge in [0.05, 0.1) is 18.1 Å². The fraction of sp³-hybridized carbons (Fsp3) is 0.544. The number of halogens is 1. The summed E-state index contributed by atoms with van der Waals surface area (Å²) >= 11 is 0. The van der Waals surface area contributed by atoms with E-state index < -0.39 is 0 Å². The number of allylic oxidation sites excluding steroid dienone is 1. The van der Waals surface area contributed by atoms with E-state index in [2.05, 4.69) is 167 Å². The van der Waals surface area contributed by atoms with Gasteiger partial charge in [-0.1, -0.05) is 95.3 Å². The van der Waals surface area contributed by atoms with Crippen molar-refractivity contribution in [2.75, 3.05) is 11.5 Å². The first-order valence-electron chi connectivity index (χ1n) is 24.2. The molecular weight excluding hydrogens is 841 g/mol. The number of pyridine rings is 1. The van der Waals surface area contributed by atoms with Gasteiger partial charge in [0.25, 0.3) is 0 Å². The van der Waals surface area contributed by atoms with Crippen LogP contribution in [0.25, 0.3) is 11.1 Å². The third-order valence-electron chi connectivity index (χ3n) is 18.9. The molecule has 6 heteroatoms. The number of anilines is 3. The molecule has 5 saturated carbocycles. The summed E-state index contributed by atoms with van der Waals surface area (Å²) in [6.45, 7) is 20.8. The molecule has 3 aromatic carbocycles. The fourth-order valence-electron chi connectivity index (χ4n) is 15.4. The third-order valence-corrected chi connectivity index (χ3v) is 18.9. The van der Waals surface area contributed by atoms with Gasteiger partial charge in [-0.2, -0.15) is 0 Å². The molecule has 0 unspecified atom stereocenters. The van der Waals surface area contributed by atoms with Gasteiger partial charge in [-0.15, -0.1) is 0 Å². The van der Waals surface area contributed by atoms with Crippen LogP contribution < -0.4 is 26.4 Å². The lowest BCUT2D eigenvalue weighted by Gasteiger charge is -2.72. The van der Waals surface area contributed by atoms with Crippen molar-refractivity contribution in [2.24, 2.45) is 56.7 Å². The number of aromatic nitrogens is 1. The Kier molecular flexibility index (Phi) is 12.8. The van der Waals surface area contributed by atoms with Gasteiger partial charge in [0.1, 0.15) is 6.54 Å². The minimum Gasteiger partial charge on any atom is -1.00 e. The smallest absolute Gasteiger partial charge is 0.312 e. The topological polar surface area (TPSA) is 53.7 Å². The van der Waals surface area contributed by atoms with Crippen LogP contribution in [0.15, 0.2) is 122 Å². The molecule has 0 radical (unpaired) electrons. The zero-order chi connectivity index (χ0) is 43.5. The molecule has 5 nitrogen and oxygen atoms in total. The Labute approximate surface area is 389 Å². The summed E-state index contributed by atoms with van der Waals surface area (Å²) in [4.78, 5) is 16.9. The minimum atomic E-state index is -0.390. The second-order valence-electron chi connectivity index (χ2n) is 21.9. The third kappa shape index (κ3) is 7.65. The van der Waals surface area contributed by atoms with Gasteiger partial charge < -0.3 is 31.7 Å². The van der Waals surface area contributed by atoms with Crippen LogP contribution in [0, 0.1) is 56.7 Å². The fourth-order valence-corrected chi connectivity index (χ4v) is 15.4. The molecule has 0 saturated heterocycles. The van der Waals surface area contributed by atoms with Crippen molar-refractivity contribution in [3.63, 3.8) is 0 Å². The van der Waals surface area contributed by atoms with E-state index in [9.17, 15) is 9.90 Å². The molecule has 0 amide bonds. The standard InChI is InChI=1S/C57H73N2O3.BrH/c1-40(2)46-26-33-57(35-34-55(6)47(51(46)57)24-25-49-54(5)31-28-50(60)53(3,4)48(54)27-32-56(49,55)7)52(61)62-39-15-14-36-58-37-29-42(30-38-58)41-20-22-45(23-21-41)59(43-16-10-8-11-17-43)44-18-12-9-13-19-44;/h8-13,16-23,29-30,37-38,46-51,60H,1,14-15,24-28,31-36,39H2,2-7H3;1H/q+1;/p-1/t46-,47+,48-,49+,50-,51+,54-,55+,56+,57-;/m0./s1. The first-order chi connectivity index (χ1) is 29.7. The largest absolute Gasteiger partial charge is 1.00 e. The molecular formula is C57H73BrN2O3. The summed E-state index contributed by atoms with van der Waals surface area (Å²) in [5.74, 6) is 2.51. The van der Waals surface area contributed by atoms with E-state index in [0.717, 1.165) is 75.0 Å². The molecule has 1 N–H and O–H groups in total. The van der Waals surface area contributed by atoms with Crippen LogP contribution in [0.1, 0.15) is 119 Å². The Bertz CT molecular complexity index is 2190. The van der Waals surface area contributed by atoms with E-state index in [1.165, 1.54) is 42.4 Å². The highest BCUT2D eigenvalue weighted by Crippen LogP contribution is 2.77. The maximum absolute atomic E-state index is 14.6. The Morgan fingerprint density at radius 3 is 1.95 bits per heavy atom. The van der Waals surface area contributed by atoms with E-state index in [1.54, 1.807) is 0 Å². The molecule has 336 valence electrons. The molecule has 5 aliphatic rings. The van der Waals surface area contributed by atoms with E-state index in [0.29, 0.717) is 36.2 Å². The van der Waals surface area contributed by atoms with Crippen molar-refractivity contribution in [3.05, 3.63) is 122 Å². The Balaban J connectivity index is 0.00000544. The number of aliphatic hydroxyl groups excluding tert-OH is 1. The van der Waals surface area contributed by atoms with Crippen molar-refractivity contribution < 1.29 is 36.2 Å². The number of unbranched alkanes of at least 4 members (excludes halogenated alkanes) is 1. The van der Waals surface area contributed by atoms with Gasteiger partial charge >= 0.3 is 5.97 Å². The lowest BCUT2D eigenvalue weighted by atomic mass is 9.32. The summed E-state index contributed by atoms with van der Waals surface area (Å²) in [6.07, 6.45) is 17.0. The van der Waals surface area contributed by atoms with Crippen LogP contribution in [0.4, 0.5) is 17.1 Å². The van der Waals surface area contributed by atoms with Crippen LogP contribution in [-0.2, 0) is 16.1 Å². The number of aryl methyl sites for hydroxylation is 1. The van der Waals surface area contributed by atoms with Gasteiger partial charge in [0, 0.05) is 35.6 Å². The predicted octanol–water partition coefficient (Wildman–Crippen LogP) is 10.5. The molecule has 9 rings (SSSR count). The zero-order valence-corrected chi connectivity index (χ0v) is 40.6. The molecule has 5 fully saturated rings. The number of ether oxygens (including phenoxy) is 1. The number of fused-ring (bicyclic) bond motifs is 7. The Morgan fingerprint density at radius 1 is 0.698 bits per heavy atom. The second kappa shape index (κ2) is 17.6. The summed E-state index contributed by atoms with van der Waals surface area (Å²) in [5.41, 5.74) is 7.26. The average molecular weight is 914 g/mol. The Morgan fingerprint density at radius 2 is 1.32 bits per heavy atom. The summed E-state index contributed by atoms with van der Waals surface area (Å²) in [5, 5.41) is 11.2. The highest BCUT2D eigenvalue weighted by molar-refractivity contribution is 5.79. The number of esters is 1. The van der Waals surface area contributed by atoms with Gasteiger partial charge in [-0.25, -0.2) is 4.57 Å². The van der Waals surface area contributed by atoms with Crippen molar-refractivity contribution in [1.29, 1.82) is 0 Å². The maximum Gasteiger partial charge on any atom is 0.312 e.